The molecule has 0 radical (unpaired) electrons. The fraction of sp³-hybridized carbons (Fsp3) is 0.765. The predicted molar refractivity (Wildman–Crippen MR) is 88.1 cm³/mol. The summed E-state index contributed by atoms with van der Waals surface area (Å²) >= 11 is 0. The number of carbonyl (C=O) groups is 1. The Balaban J connectivity index is 1.61. The number of imidazole rings is 1. The Bertz CT molecular complexity index is 532. The Morgan fingerprint density at radius 1 is 1.35 bits per heavy atom. The van der Waals surface area contributed by atoms with Gasteiger partial charge in [0.2, 0.25) is 5.91 Å². The van der Waals surface area contributed by atoms with Crippen molar-refractivity contribution in [3.63, 3.8) is 0 Å². The van der Waals surface area contributed by atoms with E-state index in [4.69, 9.17) is 4.74 Å². The van der Waals surface area contributed by atoms with Crippen molar-refractivity contribution in [2.45, 2.75) is 45.3 Å². The highest BCUT2D eigenvalue weighted by atomic mass is 16.5. The molecule has 3 atom stereocenters. The molecule has 0 saturated carbocycles. The SMILES string of the molecule is COCCN1[C@H](C)CN(C(=O)[C@H]2CCn3cncc3C2)C[C@@H]1C. The van der Waals surface area contributed by atoms with E-state index >= 15 is 0 Å². The first-order valence-electron chi connectivity index (χ1n) is 8.62. The average Bonchev–Trinajstić information content (AvgIpc) is 3.00. The number of fused-ring (bicyclic) bond motifs is 1. The van der Waals surface area contributed by atoms with Crippen LogP contribution in [0.4, 0.5) is 0 Å². The van der Waals surface area contributed by atoms with E-state index in [9.17, 15) is 4.79 Å². The molecule has 0 unspecified atom stereocenters. The van der Waals surface area contributed by atoms with Crippen LogP contribution >= 0.6 is 0 Å². The molecule has 2 aliphatic heterocycles. The largest absolute Gasteiger partial charge is 0.383 e. The van der Waals surface area contributed by atoms with Gasteiger partial charge in [-0.3, -0.25) is 9.69 Å². The van der Waals surface area contributed by atoms with Crippen LogP contribution in [0.5, 0.6) is 0 Å². The fourth-order valence-corrected chi connectivity index (χ4v) is 4.01. The summed E-state index contributed by atoms with van der Waals surface area (Å²) in [5.74, 6) is 0.437. The first-order valence-corrected chi connectivity index (χ1v) is 8.62. The molecule has 1 aromatic heterocycles. The quantitative estimate of drug-likeness (QED) is 0.831. The van der Waals surface area contributed by atoms with Gasteiger partial charge in [-0.25, -0.2) is 4.98 Å². The van der Waals surface area contributed by atoms with Gasteiger partial charge in [0.15, 0.2) is 0 Å². The minimum Gasteiger partial charge on any atom is -0.383 e. The summed E-state index contributed by atoms with van der Waals surface area (Å²) < 4.78 is 7.37. The second-order valence-electron chi connectivity index (χ2n) is 6.94. The van der Waals surface area contributed by atoms with Crippen molar-refractivity contribution in [3.8, 4) is 0 Å². The van der Waals surface area contributed by atoms with Gasteiger partial charge in [-0.05, 0) is 20.3 Å². The third-order valence-electron chi connectivity index (χ3n) is 5.29. The number of aryl methyl sites for hydroxylation is 1. The molecule has 128 valence electrons. The summed E-state index contributed by atoms with van der Waals surface area (Å²) in [7, 11) is 1.74. The zero-order valence-corrected chi connectivity index (χ0v) is 14.4. The standard InChI is InChI=1S/C17H28N4O2/c1-13-10-20(11-14(2)21(13)6-7-23-3)17(22)15-4-5-19-12-18-9-16(19)8-15/h9,12-15H,4-8,10-11H2,1-3H3/t13-,14+,15-/m0/s1. The average molecular weight is 320 g/mol. The molecule has 1 saturated heterocycles. The van der Waals surface area contributed by atoms with Crippen LogP contribution in [-0.4, -0.2) is 70.7 Å². The second-order valence-corrected chi connectivity index (χ2v) is 6.94. The minimum atomic E-state index is 0.115. The molecule has 0 aliphatic carbocycles. The highest BCUT2D eigenvalue weighted by Crippen LogP contribution is 2.24. The summed E-state index contributed by atoms with van der Waals surface area (Å²) in [6.07, 6.45) is 5.52. The monoisotopic (exact) mass is 320 g/mol. The van der Waals surface area contributed by atoms with Gasteiger partial charge >= 0.3 is 0 Å². The minimum absolute atomic E-state index is 0.115. The number of amides is 1. The topological polar surface area (TPSA) is 50.6 Å². The maximum absolute atomic E-state index is 12.9. The van der Waals surface area contributed by atoms with Gasteiger partial charge in [0.25, 0.3) is 0 Å². The zero-order chi connectivity index (χ0) is 16.4. The maximum Gasteiger partial charge on any atom is 0.226 e. The van der Waals surface area contributed by atoms with Crippen LogP contribution < -0.4 is 0 Å². The third kappa shape index (κ3) is 3.43. The number of nitrogens with zero attached hydrogens (tertiary/aromatic N) is 4. The van der Waals surface area contributed by atoms with Gasteiger partial charge in [0.1, 0.15) is 0 Å². The van der Waals surface area contributed by atoms with E-state index in [1.807, 2.05) is 12.5 Å². The van der Waals surface area contributed by atoms with Crippen LogP contribution in [0, 0.1) is 5.92 Å². The molecule has 1 aromatic rings. The predicted octanol–water partition coefficient (Wildman–Crippen LogP) is 1.01. The van der Waals surface area contributed by atoms with E-state index in [0.717, 1.165) is 45.6 Å². The van der Waals surface area contributed by atoms with Crippen LogP contribution in [0.1, 0.15) is 26.0 Å². The van der Waals surface area contributed by atoms with E-state index in [0.29, 0.717) is 18.0 Å². The maximum atomic E-state index is 12.9. The molecule has 2 aliphatic rings. The van der Waals surface area contributed by atoms with Gasteiger partial charge in [-0.2, -0.15) is 0 Å². The Kier molecular flexibility index (Phi) is 5.02. The molecule has 0 N–H and O–H groups in total. The Labute approximate surface area is 138 Å². The molecule has 1 fully saturated rings. The van der Waals surface area contributed by atoms with Crippen molar-refractivity contribution in [1.29, 1.82) is 0 Å². The van der Waals surface area contributed by atoms with Gasteiger partial charge in [-0.15, -0.1) is 0 Å². The smallest absolute Gasteiger partial charge is 0.226 e. The van der Waals surface area contributed by atoms with Crippen molar-refractivity contribution in [1.82, 2.24) is 19.4 Å². The molecule has 0 bridgehead atoms. The van der Waals surface area contributed by atoms with Crippen molar-refractivity contribution < 1.29 is 9.53 Å². The summed E-state index contributed by atoms with van der Waals surface area (Å²) in [6, 6.07) is 0.763. The molecule has 3 rings (SSSR count). The second kappa shape index (κ2) is 7.01. The highest BCUT2D eigenvalue weighted by molar-refractivity contribution is 5.79. The number of methoxy groups -OCH3 is 1. The number of carbonyl (C=O) groups excluding carboxylic acids is 1. The van der Waals surface area contributed by atoms with Crippen LogP contribution in [0.3, 0.4) is 0 Å². The number of hydrogen-bond acceptors (Lipinski definition) is 4. The van der Waals surface area contributed by atoms with Gasteiger partial charge < -0.3 is 14.2 Å². The van der Waals surface area contributed by atoms with Crippen LogP contribution in [0.15, 0.2) is 12.5 Å². The molecule has 0 spiro atoms. The molecule has 6 heteroatoms. The molecule has 3 heterocycles. The summed E-state index contributed by atoms with van der Waals surface area (Å²) in [4.78, 5) is 21.7. The number of hydrogen-bond donors (Lipinski definition) is 0. The van der Waals surface area contributed by atoms with Crippen LogP contribution in [-0.2, 0) is 22.5 Å². The Morgan fingerprint density at radius 3 is 2.78 bits per heavy atom. The van der Waals surface area contributed by atoms with Crippen molar-refractivity contribution in [3.05, 3.63) is 18.2 Å². The molecular formula is C17H28N4O2. The lowest BCUT2D eigenvalue weighted by molar-refractivity contribution is -0.140. The third-order valence-corrected chi connectivity index (χ3v) is 5.29. The Hall–Kier alpha value is -1.40. The molecular weight excluding hydrogens is 292 g/mol. The van der Waals surface area contributed by atoms with E-state index in [2.05, 4.69) is 33.2 Å². The number of piperazine rings is 1. The van der Waals surface area contributed by atoms with E-state index in [1.54, 1.807) is 7.11 Å². The van der Waals surface area contributed by atoms with E-state index in [1.165, 1.54) is 5.69 Å². The van der Waals surface area contributed by atoms with Crippen LogP contribution in [0.2, 0.25) is 0 Å². The van der Waals surface area contributed by atoms with E-state index in [-0.39, 0.29) is 5.92 Å². The van der Waals surface area contributed by atoms with Gasteiger partial charge in [-0.1, -0.05) is 0 Å². The first-order chi connectivity index (χ1) is 11.1. The Morgan fingerprint density at radius 2 is 2.09 bits per heavy atom. The summed E-state index contributed by atoms with van der Waals surface area (Å²) in [6.45, 7) is 8.65. The van der Waals surface area contributed by atoms with E-state index < -0.39 is 0 Å². The molecule has 1 amide bonds. The first kappa shape index (κ1) is 16.5. The lowest BCUT2D eigenvalue weighted by Crippen LogP contribution is -2.59. The normalized spacial score (nSPS) is 28.7. The molecule has 23 heavy (non-hydrogen) atoms. The lowest BCUT2D eigenvalue weighted by Gasteiger charge is -2.45. The summed E-state index contributed by atoms with van der Waals surface area (Å²) in [5.41, 5.74) is 1.19. The zero-order valence-electron chi connectivity index (χ0n) is 14.4. The number of aromatic nitrogens is 2. The van der Waals surface area contributed by atoms with Gasteiger partial charge in [0.05, 0.1) is 12.9 Å². The lowest BCUT2D eigenvalue weighted by atomic mass is 9.93. The summed E-state index contributed by atoms with van der Waals surface area (Å²) in [5, 5.41) is 0. The van der Waals surface area contributed by atoms with Crippen molar-refractivity contribution in [2.24, 2.45) is 5.92 Å². The highest BCUT2D eigenvalue weighted by Gasteiger charge is 2.35. The number of rotatable bonds is 4. The fourth-order valence-electron chi connectivity index (χ4n) is 4.01. The van der Waals surface area contributed by atoms with Crippen LogP contribution in [0.25, 0.3) is 0 Å². The molecule has 0 aromatic carbocycles. The van der Waals surface area contributed by atoms with Crippen molar-refractivity contribution in [2.75, 3.05) is 33.4 Å². The number of ether oxygens (including phenoxy) is 1. The van der Waals surface area contributed by atoms with Gasteiger partial charge in [0, 0.05) is 69.6 Å². The van der Waals surface area contributed by atoms with Crippen molar-refractivity contribution >= 4 is 5.91 Å². The molecule has 6 nitrogen and oxygen atoms in total.